The number of benzene rings is 2. The van der Waals surface area contributed by atoms with Gasteiger partial charge in [-0.15, -0.1) is 0 Å². The van der Waals surface area contributed by atoms with E-state index in [1.807, 2.05) is 0 Å². The Hall–Kier alpha value is -3.00. The molecule has 0 aromatic heterocycles. The standard InChI is InChI=1S/C16H16FN3O4/c1-24-15(10-2-4-11(17)5-3-10)9-19-16(21)13-8-12(20(22)23)6-7-14(13)18/h2-8,15H,9,18H2,1H3,(H,19,21)/t15-/m1/s1. The van der Waals surface area contributed by atoms with Gasteiger partial charge < -0.3 is 15.8 Å². The van der Waals surface area contributed by atoms with Gasteiger partial charge >= 0.3 is 0 Å². The number of nitro groups is 1. The van der Waals surface area contributed by atoms with Crippen LogP contribution in [-0.4, -0.2) is 24.5 Å². The van der Waals surface area contributed by atoms with Crippen LogP contribution in [0.3, 0.4) is 0 Å². The number of nitrogen functional groups attached to an aromatic ring is 1. The average Bonchev–Trinajstić information content (AvgIpc) is 2.56. The number of anilines is 1. The van der Waals surface area contributed by atoms with Gasteiger partial charge in [-0.2, -0.15) is 0 Å². The van der Waals surface area contributed by atoms with Crippen molar-refractivity contribution >= 4 is 17.3 Å². The highest BCUT2D eigenvalue weighted by Crippen LogP contribution is 2.20. The number of carbonyl (C=O) groups excluding carboxylic acids is 1. The summed E-state index contributed by atoms with van der Waals surface area (Å²) in [6.07, 6.45) is -0.491. The summed E-state index contributed by atoms with van der Waals surface area (Å²) in [4.78, 5) is 22.4. The third-order valence-corrected chi connectivity index (χ3v) is 3.47. The van der Waals surface area contributed by atoms with Crippen molar-refractivity contribution in [2.45, 2.75) is 6.10 Å². The molecule has 0 saturated heterocycles. The minimum atomic E-state index is -0.604. The molecule has 1 amide bonds. The highest BCUT2D eigenvalue weighted by molar-refractivity contribution is 5.99. The number of hydrogen-bond acceptors (Lipinski definition) is 5. The maximum Gasteiger partial charge on any atom is 0.270 e. The summed E-state index contributed by atoms with van der Waals surface area (Å²) in [7, 11) is 1.46. The van der Waals surface area contributed by atoms with E-state index in [9.17, 15) is 19.3 Å². The molecule has 7 nitrogen and oxygen atoms in total. The second kappa shape index (κ2) is 7.51. The third-order valence-electron chi connectivity index (χ3n) is 3.47. The number of halogens is 1. The largest absolute Gasteiger partial charge is 0.398 e. The Morgan fingerprint density at radius 1 is 1.33 bits per heavy atom. The molecule has 8 heteroatoms. The van der Waals surface area contributed by atoms with Crippen LogP contribution in [0.25, 0.3) is 0 Å². The van der Waals surface area contributed by atoms with Crippen molar-refractivity contribution < 1.29 is 18.8 Å². The molecule has 2 rings (SSSR count). The number of hydrogen-bond donors (Lipinski definition) is 2. The van der Waals surface area contributed by atoms with E-state index >= 15 is 0 Å². The number of nitro benzene ring substituents is 1. The molecule has 24 heavy (non-hydrogen) atoms. The summed E-state index contributed by atoms with van der Waals surface area (Å²) >= 11 is 0. The zero-order chi connectivity index (χ0) is 17.7. The normalized spacial score (nSPS) is 11.8. The Kier molecular flexibility index (Phi) is 5.43. The molecule has 0 bridgehead atoms. The van der Waals surface area contributed by atoms with E-state index < -0.39 is 16.9 Å². The number of nitrogens with zero attached hydrogens (tertiary/aromatic N) is 1. The van der Waals surface area contributed by atoms with E-state index in [0.717, 1.165) is 6.07 Å². The number of nitrogens with one attached hydrogen (secondary N) is 1. The smallest absolute Gasteiger partial charge is 0.270 e. The van der Waals surface area contributed by atoms with Gasteiger partial charge in [0.1, 0.15) is 5.82 Å². The summed E-state index contributed by atoms with van der Waals surface area (Å²) < 4.78 is 18.2. The maximum atomic E-state index is 13.0. The van der Waals surface area contributed by atoms with Crippen LogP contribution in [0.2, 0.25) is 0 Å². The SMILES string of the molecule is CO[C@H](CNC(=O)c1cc([N+](=O)[O-])ccc1N)c1ccc(F)cc1. The van der Waals surface area contributed by atoms with Crippen molar-refractivity contribution in [3.05, 3.63) is 69.5 Å². The molecule has 0 aliphatic heterocycles. The van der Waals surface area contributed by atoms with Gasteiger partial charge in [-0.25, -0.2) is 4.39 Å². The first-order chi connectivity index (χ1) is 11.4. The van der Waals surface area contributed by atoms with E-state index in [1.165, 1.54) is 31.4 Å². The van der Waals surface area contributed by atoms with Crippen LogP contribution in [0.4, 0.5) is 15.8 Å². The molecule has 3 N–H and O–H groups in total. The Balaban J connectivity index is 2.10. The first kappa shape index (κ1) is 17.4. The van der Waals surface area contributed by atoms with Crippen molar-refractivity contribution in [3.63, 3.8) is 0 Å². The minimum absolute atomic E-state index is 0.0122. The molecular formula is C16H16FN3O4. The molecular weight excluding hydrogens is 317 g/mol. The van der Waals surface area contributed by atoms with Gasteiger partial charge in [-0.05, 0) is 23.8 Å². The summed E-state index contributed by atoms with van der Waals surface area (Å²) in [6, 6.07) is 9.34. The molecule has 0 fully saturated rings. The van der Waals surface area contributed by atoms with Gasteiger partial charge in [0.15, 0.2) is 0 Å². The van der Waals surface area contributed by atoms with E-state index in [0.29, 0.717) is 5.56 Å². The lowest BCUT2D eigenvalue weighted by molar-refractivity contribution is -0.384. The third kappa shape index (κ3) is 4.05. The Labute approximate surface area is 137 Å². The molecule has 2 aromatic carbocycles. The van der Waals surface area contributed by atoms with Gasteiger partial charge in [0.05, 0.1) is 16.6 Å². The van der Waals surface area contributed by atoms with Crippen molar-refractivity contribution in [1.82, 2.24) is 5.32 Å². The lowest BCUT2D eigenvalue weighted by atomic mass is 10.1. The van der Waals surface area contributed by atoms with Crippen molar-refractivity contribution in [3.8, 4) is 0 Å². The second-order valence-corrected chi connectivity index (χ2v) is 5.01. The van der Waals surface area contributed by atoms with Crippen LogP contribution in [0.1, 0.15) is 22.0 Å². The Bertz CT molecular complexity index is 749. The fourth-order valence-corrected chi connectivity index (χ4v) is 2.15. The molecule has 0 radical (unpaired) electrons. The number of amides is 1. The second-order valence-electron chi connectivity index (χ2n) is 5.01. The van der Waals surface area contributed by atoms with Crippen LogP contribution in [-0.2, 0) is 4.74 Å². The lowest BCUT2D eigenvalue weighted by Crippen LogP contribution is -2.29. The first-order valence-corrected chi connectivity index (χ1v) is 7.02. The van der Waals surface area contributed by atoms with Crippen molar-refractivity contribution in [2.75, 3.05) is 19.4 Å². The minimum Gasteiger partial charge on any atom is -0.398 e. The molecule has 0 unspecified atom stereocenters. The van der Waals surface area contributed by atoms with Crippen LogP contribution in [0.5, 0.6) is 0 Å². The van der Waals surface area contributed by atoms with Crippen LogP contribution >= 0.6 is 0 Å². The molecule has 0 saturated carbocycles. The predicted octanol–water partition coefficient (Wildman–Crippen LogP) is 2.43. The molecule has 0 aliphatic rings. The number of ether oxygens (including phenoxy) is 1. The summed E-state index contributed by atoms with van der Waals surface area (Å²) in [5.41, 5.74) is 6.31. The number of nitrogens with two attached hydrogens (primary N) is 1. The molecule has 0 aliphatic carbocycles. The quantitative estimate of drug-likeness (QED) is 0.479. The highest BCUT2D eigenvalue weighted by atomic mass is 19.1. The fourth-order valence-electron chi connectivity index (χ4n) is 2.15. The molecule has 0 spiro atoms. The number of rotatable bonds is 6. The van der Waals surface area contributed by atoms with Gasteiger partial charge in [0.25, 0.3) is 11.6 Å². The molecule has 126 valence electrons. The highest BCUT2D eigenvalue weighted by Gasteiger charge is 2.17. The van der Waals surface area contributed by atoms with Crippen molar-refractivity contribution in [2.24, 2.45) is 0 Å². The van der Waals surface area contributed by atoms with Crippen molar-refractivity contribution in [1.29, 1.82) is 0 Å². The molecule has 0 heterocycles. The topological polar surface area (TPSA) is 107 Å². The summed E-state index contributed by atoms with van der Waals surface area (Å²) in [5, 5.41) is 13.4. The van der Waals surface area contributed by atoms with E-state index in [-0.39, 0.29) is 29.3 Å². The van der Waals surface area contributed by atoms with E-state index in [4.69, 9.17) is 10.5 Å². The van der Waals surface area contributed by atoms with Gasteiger partial charge in [0.2, 0.25) is 0 Å². The average molecular weight is 333 g/mol. The Morgan fingerprint density at radius 3 is 2.58 bits per heavy atom. The zero-order valence-electron chi connectivity index (χ0n) is 12.9. The van der Waals surface area contributed by atoms with Gasteiger partial charge in [-0.1, -0.05) is 12.1 Å². The number of non-ortho nitro benzene ring substituents is 1. The Morgan fingerprint density at radius 2 is 2.00 bits per heavy atom. The number of carbonyl (C=O) groups is 1. The first-order valence-electron chi connectivity index (χ1n) is 7.02. The van der Waals surface area contributed by atoms with E-state index in [1.54, 1.807) is 12.1 Å². The molecule has 2 aromatic rings. The zero-order valence-corrected chi connectivity index (χ0v) is 12.9. The van der Waals surface area contributed by atoms with Crippen LogP contribution < -0.4 is 11.1 Å². The number of methoxy groups -OCH3 is 1. The maximum absolute atomic E-state index is 13.0. The monoisotopic (exact) mass is 333 g/mol. The van der Waals surface area contributed by atoms with Crippen LogP contribution in [0.15, 0.2) is 42.5 Å². The molecule has 1 atom stereocenters. The lowest BCUT2D eigenvalue weighted by Gasteiger charge is -2.17. The van der Waals surface area contributed by atoms with Gasteiger partial charge in [-0.3, -0.25) is 14.9 Å². The van der Waals surface area contributed by atoms with Gasteiger partial charge in [0, 0.05) is 31.5 Å². The fraction of sp³-hybridized carbons (Fsp3) is 0.188. The van der Waals surface area contributed by atoms with E-state index in [2.05, 4.69) is 5.32 Å². The van der Waals surface area contributed by atoms with Crippen LogP contribution in [0, 0.1) is 15.9 Å². The summed E-state index contributed by atoms with van der Waals surface area (Å²) in [6.45, 7) is 0.100. The predicted molar refractivity (Wildman–Crippen MR) is 86.0 cm³/mol. The summed E-state index contributed by atoms with van der Waals surface area (Å²) in [5.74, 6) is -0.928.